The van der Waals surface area contributed by atoms with Crippen molar-refractivity contribution in [3.8, 4) is 11.3 Å². The zero-order valence-electron chi connectivity index (χ0n) is 14.7. The van der Waals surface area contributed by atoms with Crippen molar-refractivity contribution in [2.45, 2.75) is 32.4 Å². The summed E-state index contributed by atoms with van der Waals surface area (Å²) in [4.78, 5) is 5.84. The number of nitrogens with zero attached hydrogens (tertiary/aromatic N) is 2. The molecule has 1 atom stereocenters. The van der Waals surface area contributed by atoms with Crippen LogP contribution in [-0.4, -0.2) is 17.3 Å². The van der Waals surface area contributed by atoms with Crippen LogP contribution in [0.3, 0.4) is 0 Å². The van der Waals surface area contributed by atoms with E-state index in [1.54, 1.807) is 11.3 Å². The van der Waals surface area contributed by atoms with Gasteiger partial charge in [-0.1, -0.05) is 41.4 Å². The third-order valence-electron chi connectivity index (χ3n) is 4.61. The van der Waals surface area contributed by atoms with E-state index in [0.29, 0.717) is 0 Å². The lowest BCUT2D eigenvalue weighted by atomic mass is 10.1. The van der Waals surface area contributed by atoms with Gasteiger partial charge in [0.25, 0.3) is 0 Å². The third-order valence-corrected chi connectivity index (χ3v) is 5.72. The molecular formula is C21H21ClN2OS. The molecule has 0 bridgehead atoms. The quantitative estimate of drug-likeness (QED) is 0.575. The van der Waals surface area contributed by atoms with Gasteiger partial charge in [0.05, 0.1) is 24.0 Å². The molecule has 4 rings (SSSR count). The average Bonchev–Trinajstić information content (AvgIpc) is 3.29. The van der Waals surface area contributed by atoms with Crippen molar-refractivity contribution >= 4 is 28.6 Å². The van der Waals surface area contributed by atoms with E-state index in [-0.39, 0.29) is 6.10 Å². The van der Waals surface area contributed by atoms with Crippen molar-refractivity contribution < 1.29 is 4.74 Å². The molecule has 1 fully saturated rings. The van der Waals surface area contributed by atoms with Crippen LogP contribution in [0.15, 0.2) is 58.9 Å². The maximum Gasteiger partial charge on any atom is 0.190 e. The number of hydrogen-bond donors (Lipinski definition) is 0. The monoisotopic (exact) mass is 384 g/mol. The van der Waals surface area contributed by atoms with Crippen molar-refractivity contribution in [1.29, 1.82) is 0 Å². The molecule has 1 aliphatic rings. The fourth-order valence-electron chi connectivity index (χ4n) is 3.17. The number of benzene rings is 2. The molecule has 0 N–H and O–H groups in total. The Morgan fingerprint density at radius 1 is 1.15 bits per heavy atom. The number of aromatic nitrogens is 1. The van der Waals surface area contributed by atoms with E-state index in [2.05, 4.69) is 41.1 Å². The number of ether oxygens (including phenoxy) is 1. The maximum absolute atomic E-state index is 6.00. The van der Waals surface area contributed by atoms with Crippen LogP contribution in [0.1, 0.15) is 18.4 Å². The van der Waals surface area contributed by atoms with Gasteiger partial charge in [-0.3, -0.25) is 0 Å². The first-order valence-electron chi connectivity index (χ1n) is 8.86. The van der Waals surface area contributed by atoms with E-state index in [1.165, 1.54) is 16.8 Å². The molecule has 0 spiro atoms. The molecule has 3 nitrogen and oxygen atoms in total. The maximum atomic E-state index is 6.00. The van der Waals surface area contributed by atoms with Crippen molar-refractivity contribution in [2.75, 3.05) is 6.61 Å². The highest BCUT2D eigenvalue weighted by Crippen LogP contribution is 2.24. The van der Waals surface area contributed by atoms with E-state index in [1.807, 2.05) is 24.3 Å². The van der Waals surface area contributed by atoms with Crippen LogP contribution < -0.4 is 4.80 Å². The molecule has 134 valence electrons. The standard InChI is InChI=1S/C21H21ClN2OS/c1-15-4-6-16(7-5-15)20-14-26-21(23-18-10-8-17(22)9-11-18)24(20)13-19-3-2-12-25-19/h4-11,14,19H,2-3,12-13H2,1H3. The smallest absolute Gasteiger partial charge is 0.190 e. The molecule has 3 aromatic rings. The molecule has 0 aliphatic carbocycles. The summed E-state index contributed by atoms with van der Waals surface area (Å²) < 4.78 is 8.17. The lowest BCUT2D eigenvalue weighted by Crippen LogP contribution is -2.24. The highest BCUT2D eigenvalue weighted by molar-refractivity contribution is 7.07. The number of aryl methyl sites for hydroxylation is 1. The van der Waals surface area contributed by atoms with Gasteiger partial charge >= 0.3 is 0 Å². The van der Waals surface area contributed by atoms with E-state index < -0.39 is 0 Å². The second-order valence-electron chi connectivity index (χ2n) is 6.60. The SMILES string of the molecule is Cc1ccc(-c2csc(=Nc3ccc(Cl)cc3)n2CC2CCCO2)cc1. The van der Waals surface area contributed by atoms with Gasteiger partial charge in [0.15, 0.2) is 4.80 Å². The molecule has 1 saturated heterocycles. The Balaban J connectivity index is 1.77. The first-order chi connectivity index (χ1) is 12.7. The zero-order chi connectivity index (χ0) is 17.9. The topological polar surface area (TPSA) is 26.5 Å². The molecule has 0 saturated carbocycles. The fourth-order valence-corrected chi connectivity index (χ4v) is 4.23. The van der Waals surface area contributed by atoms with Crippen LogP contribution in [0.25, 0.3) is 11.3 Å². The Hall–Kier alpha value is -1.88. The summed E-state index contributed by atoms with van der Waals surface area (Å²) in [6.45, 7) is 3.80. The molecule has 2 heterocycles. The number of rotatable bonds is 4. The lowest BCUT2D eigenvalue weighted by Gasteiger charge is -2.14. The Bertz CT molecular complexity index is 935. The summed E-state index contributed by atoms with van der Waals surface area (Å²) in [6.07, 6.45) is 2.51. The summed E-state index contributed by atoms with van der Waals surface area (Å²) >= 11 is 7.66. The van der Waals surface area contributed by atoms with Gasteiger partial charge in [0, 0.05) is 17.0 Å². The van der Waals surface area contributed by atoms with Crippen LogP contribution in [0.2, 0.25) is 5.02 Å². The highest BCUT2D eigenvalue weighted by Gasteiger charge is 2.19. The van der Waals surface area contributed by atoms with Crippen molar-refractivity contribution in [1.82, 2.24) is 4.57 Å². The highest BCUT2D eigenvalue weighted by atomic mass is 35.5. The van der Waals surface area contributed by atoms with Crippen LogP contribution >= 0.6 is 22.9 Å². The summed E-state index contributed by atoms with van der Waals surface area (Å²) in [6, 6.07) is 16.3. The van der Waals surface area contributed by atoms with Gasteiger partial charge < -0.3 is 9.30 Å². The summed E-state index contributed by atoms with van der Waals surface area (Å²) in [5, 5.41) is 2.91. The van der Waals surface area contributed by atoms with Gasteiger partial charge in [-0.15, -0.1) is 11.3 Å². The normalized spacial score (nSPS) is 17.8. The molecule has 1 unspecified atom stereocenters. The predicted octanol–water partition coefficient (Wildman–Crippen LogP) is 5.59. The van der Waals surface area contributed by atoms with Gasteiger partial charge in [0.2, 0.25) is 0 Å². The molecule has 26 heavy (non-hydrogen) atoms. The fraction of sp³-hybridized carbons (Fsp3) is 0.286. The van der Waals surface area contributed by atoms with Gasteiger partial charge in [-0.2, -0.15) is 0 Å². The third kappa shape index (κ3) is 3.93. The van der Waals surface area contributed by atoms with E-state index in [9.17, 15) is 0 Å². The second kappa shape index (κ2) is 7.78. The molecule has 1 aromatic heterocycles. The first kappa shape index (κ1) is 17.5. The summed E-state index contributed by atoms with van der Waals surface area (Å²) in [7, 11) is 0. The Labute approximate surface area is 162 Å². The molecule has 2 aromatic carbocycles. The van der Waals surface area contributed by atoms with Crippen molar-refractivity contribution in [2.24, 2.45) is 4.99 Å². The Kier molecular flexibility index (Phi) is 5.25. The average molecular weight is 385 g/mol. The van der Waals surface area contributed by atoms with E-state index >= 15 is 0 Å². The van der Waals surface area contributed by atoms with E-state index in [0.717, 1.165) is 41.5 Å². The second-order valence-corrected chi connectivity index (χ2v) is 7.88. The number of thiazole rings is 1. The minimum absolute atomic E-state index is 0.262. The predicted molar refractivity (Wildman–Crippen MR) is 108 cm³/mol. The minimum atomic E-state index is 0.262. The zero-order valence-corrected chi connectivity index (χ0v) is 16.3. The molecule has 0 radical (unpaired) electrons. The first-order valence-corrected chi connectivity index (χ1v) is 10.1. The summed E-state index contributed by atoms with van der Waals surface area (Å²) in [5.74, 6) is 0. The van der Waals surface area contributed by atoms with Crippen LogP contribution in [-0.2, 0) is 11.3 Å². The number of hydrogen-bond acceptors (Lipinski definition) is 3. The molecule has 5 heteroatoms. The van der Waals surface area contributed by atoms with Crippen LogP contribution in [0.4, 0.5) is 5.69 Å². The molecular weight excluding hydrogens is 364 g/mol. The Morgan fingerprint density at radius 2 is 1.92 bits per heavy atom. The molecule has 1 aliphatic heterocycles. The number of halogens is 1. The van der Waals surface area contributed by atoms with Crippen molar-refractivity contribution in [3.63, 3.8) is 0 Å². The van der Waals surface area contributed by atoms with Gasteiger partial charge in [-0.25, -0.2) is 4.99 Å². The molecule has 0 amide bonds. The van der Waals surface area contributed by atoms with Crippen LogP contribution in [0, 0.1) is 6.92 Å². The van der Waals surface area contributed by atoms with Gasteiger partial charge in [0.1, 0.15) is 0 Å². The van der Waals surface area contributed by atoms with Crippen LogP contribution in [0.5, 0.6) is 0 Å². The van der Waals surface area contributed by atoms with E-state index in [4.69, 9.17) is 21.3 Å². The van der Waals surface area contributed by atoms with Crippen molar-refractivity contribution in [3.05, 3.63) is 69.3 Å². The largest absolute Gasteiger partial charge is 0.376 e. The van der Waals surface area contributed by atoms with Gasteiger partial charge in [-0.05, 0) is 49.6 Å². The summed E-state index contributed by atoms with van der Waals surface area (Å²) in [5.41, 5.74) is 4.58. The Morgan fingerprint density at radius 3 is 2.62 bits per heavy atom. The lowest BCUT2D eigenvalue weighted by molar-refractivity contribution is 0.0968. The minimum Gasteiger partial charge on any atom is -0.376 e.